The highest BCUT2D eigenvalue weighted by Crippen LogP contribution is 2.20. The number of rotatable bonds is 7. The van der Waals surface area contributed by atoms with Crippen molar-refractivity contribution >= 4 is 5.91 Å². The molecule has 0 aromatic heterocycles. The second-order valence-corrected chi connectivity index (χ2v) is 6.05. The fraction of sp³-hybridized carbons (Fsp3) is 0.588. The highest BCUT2D eigenvalue weighted by Gasteiger charge is 2.23. The van der Waals surface area contributed by atoms with E-state index in [0.717, 1.165) is 17.7 Å². The van der Waals surface area contributed by atoms with Gasteiger partial charge in [0.1, 0.15) is 5.75 Å². The second kappa shape index (κ2) is 8.03. The number of carbonyl (C=O) groups excluding carboxylic acids is 1. The number of nitrogens with two attached hydrogens (primary N) is 1. The lowest BCUT2D eigenvalue weighted by Crippen LogP contribution is -2.46. The lowest BCUT2D eigenvalue weighted by atomic mass is 10.0. The van der Waals surface area contributed by atoms with Gasteiger partial charge >= 0.3 is 0 Å². The van der Waals surface area contributed by atoms with Gasteiger partial charge in [-0.25, -0.2) is 0 Å². The van der Waals surface area contributed by atoms with Crippen LogP contribution in [0.2, 0.25) is 0 Å². The summed E-state index contributed by atoms with van der Waals surface area (Å²) in [6.07, 6.45) is 1.46. The van der Waals surface area contributed by atoms with E-state index in [0.29, 0.717) is 12.3 Å². The van der Waals surface area contributed by atoms with Gasteiger partial charge in [0.25, 0.3) is 0 Å². The van der Waals surface area contributed by atoms with Crippen LogP contribution in [0.5, 0.6) is 5.75 Å². The van der Waals surface area contributed by atoms with E-state index < -0.39 is 6.04 Å². The summed E-state index contributed by atoms with van der Waals surface area (Å²) in [5.41, 5.74) is 7.09. The molecule has 4 heteroatoms. The predicted molar refractivity (Wildman–Crippen MR) is 86.4 cm³/mol. The molecule has 1 aromatic carbocycles. The van der Waals surface area contributed by atoms with Crippen molar-refractivity contribution in [2.45, 2.75) is 45.7 Å². The molecule has 4 nitrogen and oxygen atoms in total. The number of likely N-dealkylation sites (N-methyl/N-ethyl adjacent to an activating group) is 1. The van der Waals surface area contributed by atoms with Crippen molar-refractivity contribution < 1.29 is 9.53 Å². The molecule has 2 N–H and O–H groups in total. The van der Waals surface area contributed by atoms with Crippen molar-refractivity contribution in [1.29, 1.82) is 0 Å². The number of hydrogen-bond acceptors (Lipinski definition) is 3. The van der Waals surface area contributed by atoms with Crippen LogP contribution in [0.4, 0.5) is 0 Å². The number of carbonyl (C=O) groups is 1. The van der Waals surface area contributed by atoms with Crippen LogP contribution in [0.3, 0.4) is 0 Å². The summed E-state index contributed by atoms with van der Waals surface area (Å²) in [5, 5.41) is 0. The minimum atomic E-state index is -0.421. The number of ether oxygens (including phenoxy) is 1. The first-order valence-corrected chi connectivity index (χ1v) is 7.51. The van der Waals surface area contributed by atoms with Gasteiger partial charge in [0.15, 0.2) is 0 Å². The predicted octanol–water partition coefficient (Wildman–Crippen LogP) is 2.46. The summed E-state index contributed by atoms with van der Waals surface area (Å²) in [6.45, 7) is 6.18. The molecule has 0 saturated heterocycles. The molecule has 1 rings (SSSR count). The van der Waals surface area contributed by atoms with Crippen LogP contribution in [0.15, 0.2) is 24.3 Å². The molecule has 0 aliphatic carbocycles. The molecule has 0 fully saturated rings. The Kier molecular flexibility index (Phi) is 6.69. The number of benzene rings is 1. The van der Waals surface area contributed by atoms with Crippen LogP contribution < -0.4 is 10.5 Å². The number of nitrogens with zero attached hydrogens (tertiary/aromatic N) is 1. The Labute approximate surface area is 128 Å². The maximum Gasteiger partial charge on any atom is 0.239 e. The smallest absolute Gasteiger partial charge is 0.239 e. The quantitative estimate of drug-likeness (QED) is 0.840. The van der Waals surface area contributed by atoms with E-state index in [9.17, 15) is 4.79 Å². The Morgan fingerprint density at radius 3 is 2.48 bits per heavy atom. The molecule has 2 atom stereocenters. The van der Waals surface area contributed by atoms with Crippen LogP contribution in [0.25, 0.3) is 0 Å². The Bertz CT molecular complexity index is 460. The zero-order chi connectivity index (χ0) is 16.0. The van der Waals surface area contributed by atoms with Crippen molar-refractivity contribution in [3.63, 3.8) is 0 Å². The van der Waals surface area contributed by atoms with Crippen molar-refractivity contribution in [1.82, 2.24) is 4.90 Å². The normalized spacial score (nSPS) is 13.9. The maximum absolute atomic E-state index is 12.3. The van der Waals surface area contributed by atoms with Crippen molar-refractivity contribution in [2.75, 3.05) is 14.2 Å². The van der Waals surface area contributed by atoms with E-state index in [1.807, 2.05) is 38.2 Å². The maximum atomic E-state index is 12.3. The molecule has 0 heterocycles. The first kappa shape index (κ1) is 17.5. The molecular weight excluding hydrogens is 264 g/mol. The molecule has 2 unspecified atom stereocenters. The molecule has 0 bridgehead atoms. The number of amides is 1. The van der Waals surface area contributed by atoms with E-state index in [2.05, 4.69) is 13.8 Å². The van der Waals surface area contributed by atoms with Gasteiger partial charge in [0.2, 0.25) is 5.91 Å². The minimum Gasteiger partial charge on any atom is -0.496 e. The minimum absolute atomic E-state index is 0.00565. The van der Waals surface area contributed by atoms with Crippen LogP contribution in [-0.4, -0.2) is 37.0 Å². The summed E-state index contributed by atoms with van der Waals surface area (Å²) < 4.78 is 5.36. The molecule has 0 spiro atoms. The third-order valence-electron chi connectivity index (χ3n) is 3.76. The summed E-state index contributed by atoms with van der Waals surface area (Å²) in [4.78, 5) is 14.1. The zero-order valence-corrected chi connectivity index (χ0v) is 13.8. The SMILES string of the molecule is COc1ccccc1CC(C)N(C)C(=O)C(N)CC(C)C. The summed E-state index contributed by atoms with van der Waals surface area (Å²) in [7, 11) is 3.49. The highest BCUT2D eigenvalue weighted by atomic mass is 16.5. The molecule has 0 aliphatic heterocycles. The summed E-state index contributed by atoms with van der Waals surface area (Å²) in [5.74, 6) is 1.28. The largest absolute Gasteiger partial charge is 0.496 e. The molecule has 21 heavy (non-hydrogen) atoms. The average molecular weight is 292 g/mol. The van der Waals surface area contributed by atoms with Gasteiger partial charge in [-0.2, -0.15) is 0 Å². The first-order chi connectivity index (χ1) is 9.86. The first-order valence-electron chi connectivity index (χ1n) is 7.51. The van der Waals surface area contributed by atoms with Gasteiger partial charge in [-0.1, -0.05) is 32.0 Å². The number of para-hydroxylation sites is 1. The van der Waals surface area contributed by atoms with Crippen LogP contribution >= 0.6 is 0 Å². The van der Waals surface area contributed by atoms with E-state index in [1.54, 1.807) is 12.0 Å². The molecule has 0 aliphatic rings. The molecule has 0 saturated carbocycles. The Morgan fingerprint density at radius 2 is 1.90 bits per heavy atom. The third kappa shape index (κ3) is 5.05. The second-order valence-electron chi connectivity index (χ2n) is 6.05. The van der Waals surface area contributed by atoms with Crippen molar-refractivity contribution in [2.24, 2.45) is 11.7 Å². The van der Waals surface area contributed by atoms with Crippen LogP contribution in [0.1, 0.15) is 32.8 Å². The Morgan fingerprint density at radius 1 is 1.29 bits per heavy atom. The number of methoxy groups -OCH3 is 1. The monoisotopic (exact) mass is 292 g/mol. The lowest BCUT2D eigenvalue weighted by molar-refractivity contribution is -0.133. The molecule has 0 radical (unpaired) electrons. The van der Waals surface area contributed by atoms with Gasteiger partial charge in [-0.05, 0) is 37.3 Å². The van der Waals surface area contributed by atoms with Gasteiger partial charge < -0.3 is 15.4 Å². The van der Waals surface area contributed by atoms with Crippen molar-refractivity contribution in [3.8, 4) is 5.75 Å². The standard InChI is InChI=1S/C17H28N2O2/c1-12(2)10-15(18)17(20)19(4)13(3)11-14-8-6-7-9-16(14)21-5/h6-9,12-13,15H,10-11,18H2,1-5H3. The van der Waals surface area contributed by atoms with E-state index in [1.165, 1.54) is 0 Å². The van der Waals surface area contributed by atoms with Crippen molar-refractivity contribution in [3.05, 3.63) is 29.8 Å². The average Bonchev–Trinajstić information content (AvgIpc) is 2.45. The third-order valence-corrected chi connectivity index (χ3v) is 3.76. The number of hydrogen-bond donors (Lipinski definition) is 1. The van der Waals surface area contributed by atoms with E-state index >= 15 is 0 Å². The van der Waals surface area contributed by atoms with E-state index in [-0.39, 0.29) is 11.9 Å². The fourth-order valence-electron chi connectivity index (χ4n) is 2.41. The van der Waals surface area contributed by atoms with E-state index in [4.69, 9.17) is 10.5 Å². The molecule has 1 amide bonds. The zero-order valence-electron chi connectivity index (χ0n) is 13.8. The molecule has 118 valence electrons. The van der Waals surface area contributed by atoms with Gasteiger partial charge in [-0.15, -0.1) is 0 Å². The highest BCUT2D eigenvalue weighted by molar-refractivity contribution is 5.81. The lowest BCUT2D eigenvalue weighted by Gasteiger charge is -2.28. The summed E-state index contributed by atoms with van der Waals surface area (Å²) >= 11 is 0. The van der Waals surface area contributed by atoms with Gasteiger partial charge in [-0.3, -0.25) is 4.79 Å². The van der Waals surface area contributed by atoms with Crippen LogP contribution in [0, 0.1) is 5.92 Å². The Balaban J connectivity index is 2.70. The summed E-state index contributed by atoms with van der Waals surface area (Å²) in [6, 6.07) is 7.55. The molecule has 1 aromatic rings. The van der Waals surface area contributed by atoms with Gasteiger partial charge in [0.05, 0.1) is 13.2 Å². The van der Waals surface area contributed by atoms with Crippen LogP contribution in [-0.2, 0) is 11.2 Å². The Hall–Kier alpha value is -1.55. The molecular formula is C17H28N2O2. The topological polar surface area (TPSA) is 55.6 Å². The van der Waals surface area contributed by atoms with Gasteiger partial charge in [0, 0.05) is 13.1 Å². The fourth-order valence-corrected chi connectivity index (χ4v) is 2.41.